The van der Waals surface area contributed by atoms with E-state index in [1.165, 1.54) is 0 Å². The molecule has 0 unspecified atom stereocenters. The van der Waals surface area contributed by atoms with Crippen LogP contribution in [0.1, 0.15) is 18.5 Å². The topological polar surface area (TPSA) is 22.0 Å². The maximum absolute atomic E-state index is 11.4. The van der Waals surface area contributed by atoms with Crippen LogP contribution in [0.25, 0.3) is 5.70 Å². The summed E-state index contributed by atoms with van der Waals surface area (Å²) in [5.41, 5.74) is 2.08. The Morgan fingerprint density at radius 1 is 1.33 bits per heavy atom. The van der Waals surface area contributed by atoms with Crippen molar-refractivity contribution < 1.29 is 0 Å². The van der Waals surface area contributed by atoms with E-state index in [2.05, 4.69) is 6.58 Å². The molecule has 0 atom stereocenters. The first-order valence-electron chi connectivity index (χ1n) is 4.18. The second-order valence-corrected chi connectivity index (χ2v) is 3.11. The van der Waals surface area contributed by atoms with Crippen molar-refractivity contribution in [3.05, 3.63) is 40.8 Å². The van der Waals surface area contributed by atoms with E-state index < -0.39 is 0 Å². The van der Waals surface area contributed by atoms with E-state index >= 15 is 0 Å². The van der Waals surface area contributed by atoms with Gasteiger partial charge in [-0.15, -0.1) is 0 Å². The molecule has 0 saturated heterocycles. The summed E-state index contributed by atoms with van der Waals surface area (Å²) in [5.74, 6) is 0. The third-order valence-corrected chi connectivity index (χ3v) is 2.25. The van der Waals surface area contributed by atoms with E-state index in [0.29, 0.717) is 0 Å². The van der Waals surface area contributed by atoms with E-state index in [1.54, 1.807) is 10.6 Å². The lowest BCUT2D eigenvalue weighted by Gasteiger charge is -2.19. The highest BCUT2D eigenvalue weighted by Crippen LogP contribution is 2.18. The van der Waals surface area contributed by atoms with Gasteiger partial charge in [0, 0.05) is 17.5 Å². The first-order valence-corrected chi connectivity index (χ1v) is 4.18. The number of hydrogen-bond donors (Lipinski definition) is 0. The molecule has 1 aliphatic heterocycles. The van der Waals surface area contributed by atoms with E-state index in [1.807, 2.05) is 12.1 Å². The van der Waals surface area contributed by atoms with Crippen LogP contribution in [0.5, 0.6) is 0 Å². The molecule has 2 heterocycles. The van der Waals surface area contributed by atoms with Crippen LogP contribution in [0.3, 0.4) is 0 Å². The summed E-state index contributed by atoms with van der Waals surface area (Å²) in [5, 5.41) is 0. The molecular formula is C10H11NO. The molecule has 0 radical (unpaired) electrons. The average molecular weight is 161 g/mol. The minimum Gasteiger partial charge on any atom is -0.286 e. The van der Waals surface area contributed by atoms with Crippen molar-refractivity contribution in [3.63, 3.8) is 0 Å². The predicted molar refractivity (Wildman–Crippen MR) is 49.0 cm³/mol. The molecule has 2 heteroatoms. The molecule has 0 bridgehead atoms. The van der Waals surface area contributed by atoms with Crippen LogP contribution in [0.15, 0.2) is 29.6 Å². The molecule has 62 valence electrons. The van der Waals surface area contributed by atoms with E-state index in [0.717, 1.165) is 30.7 Å². The number of aryl methyl sites for hydroxylation is 1. The highest BCUT2D eigenvalue weighted by Gasteiger charge is 2.11. The molecule has 0 saturated carbocycles. The molecule has 0 N–H and O–H groups in total. The highest BCUT2D eigenvalue weighted by atomic mass is 16.1. The maximum atomic E-state index is 11.4. The third kappa shape index (κ3) is 0.998. The normalized spacial score (nSPS) is 15.8. The van der Waals surface area contributed by atoms with Crippen LogP contribution < -0.4 is 5.56 Å². The Labute approximate surface area is 71.2 Å². The molecule has 0 spiro atoms. The number of allylic oxidation sites excluding steroid dienone is 1. The summed E-state index contributed by atoms with van der Waals surface area (Å²) in [7, 11) is 0. The molecule has 2 rings (SSSR count). The molecule has 0 aliphatic carbocycles. The Morgan fingerprint density at radius 3 is 2.92 bits per heavy atom. The number of nitrogens with zero attached hydrogens (tertiary/aromatic N) is 1. The molecule has 0 aromatic carbocycles. The van der Waals surface area contributed by atoms with Gasteiger partial charge in [-0.05, 0) is 25.3 Å². The molecule has 2 nitrogen and oxygen atoms in total. The highest BCUT2D eigenvalue weighted by molar-refractivity contribution is 5.45. The Kier molecular flexibility index (Phi) is 1.61. The molecule has 1 aromatic heterocycles. The van der Waals surface area contributed by atoms with Crippen molar-refractivity contribution in [1.82, 2.24) is 4.57 Å². The second-order valence-electron chi connectivity index (χ2n) is 3.11. The fraction of sp³-hybridized carbons (Fsp3) is 0.300. The molecule has 0 amide bonds. The van der Waals surface area contributed by atoms with Crippen LogP contribution in [-0.2, 0) is 6.42 Å². The number of rotatable bonds is 0. The number of fused-ring (bicyclic) bond motifs is 1. The van der Waals surface area contributed by atoms with Gasteiger partial charge in [-0.25, -0.2) is 0 Å². The van der Waals surface area contributed by atoms with Gasteiger partial charge in [0.15, 0.2) is 0 Å². The van der Waals surface area contributed by atoms with Gasteiger partial charge in [0.25, 0.3) is 5.56 Å². The summed E-state index contributed by atoms with van der Waals surface area (Å²) < 4.78 is 1.73. The van der Waals surface area contributed by atoms with E-state index in [-0.39, 0.29) is 5.56 Å². The van der Waals surface area contributed by atoms with Gasteiger partial charge in [0.05, 0.1) is 0 Å². The van der Waals surface area contributed by atoms with Crippen molar-refractivity contribution in [3.8, 4) is 0 Å². The lowest BCUT2D eigenvalue weighted by molar-refractivity contribution is 0.707. The smallest absolute Gasteiger partial charge is 0.254 e. The minimum atomic E-state index is 0.0530. The monoisotopic (exact) mass is 161 g/mol. The third-order valence-electron chi connectivity index (χ3n) is 2.25. The van der Waals surface area contributed by atoms with Gasteiger partial charge < -0.3 is 0 Å². The standard InChI is InChI=1S/C10H11NO/c1-8-4-2-5-9-6-3-7-10(12)11(8)9/h3,6-7H,1-2,4-5H2. The van der Waals surface area contributed by atoms with Gasteiger partial charge in [-0.1, -0.05) is 12.6 Å². The van der Waals surface area contributed by atoms with Crippen molar-refractivity contribution in [2.75, 3.05) is 0 Å². The van der Waals surface area contributed by atoms with Crippen molar-refractivity contribution in [2.24, 2.45) is 0 Å². The Bertz CT molecular complexity index is 376. The zero-order chi connectivity index (χ0) is 8.55. The largest absolute Gasteiger partial charge is 0.286 e. The van der Waals surface area contributed by atoms with Crippen LogP contribution in [-0.4, -0.2) is 4.57 Å². The fourth-order valence-electron chi connectivity index (χ4n) is 1.67. The lowest BCUT2D eigenvalue weighted by atomic mass is 10.1. The number of aromatic nitrogens is 1. The van der Waals surface area contributed by atoms with E-state index in [9.17, 15) is 4.79 Å². The van der Waals surface area contributed by atoms with Gasteiger partial charge in [-0.2, -0.15) is 0 Å². The van der Waals surface area contributed by atoms with Crippen molar-refractivity contribution in [2.45, 2.75) is 19.3 Å². The van der Waals surface area contributed by atoms with Crippen LogP contribution in [0.2, 0.25) is 0 Å². The van der Waals surface area contributed by atoms with Gasteiger partial charge in [0.2, 0.25) is 0 Å². The maximum Gasteiger partial charge on any atom is 0.254 e. The van der Waals surface area contributed by atoms with Gasteiger partial charge >= 0.3 is 0 Å². The summed E-state index contributed by atoms with van der Waals surface area (Å²) in [4.78, 5) is 11.4. The molecule has 1 aromatic rings. The zero-order valence-electron chi connectivity index (χ0n) is 6.92. The Morgan fingerprint density at radius 2 is 2.17 bits per heavy atom. The summed E-state index contributed by atoms with van der Waals surface area (Å²) in [6.45, 7) is 3.88. The summed E-state index contributed by atoms with van der Waals surface area (Å²) >= 11 is 0. The number of pyridine rings is 1. The van der Waals surface area contributed by atoms with Crippen LogP contribution >= 0.6 is 0 Å². The van der Waals surface area contributed by atoms with Crippen molar-refractivity contribution >= 4 is 5.70 Å². The molecule has 1 aliphatic rings. The quantitative estimate of drug-likeness (QED) is 0.567. The summed E-state index contributed by atoms with van der Waals surface area (Å²) in [6.07, 6.45) is 3.05. The molecular weight excluding hydrogens is 150 g/mol. The fourth-order valence-corrected chi connectivity index (χ4v) is 1.67. The van der Waals surface area contributed by atoms with Gasteiger partial charge in [-0.3, -0.25) is 9.36 Å². The van der Waals surface area contributed by atoms with Crippen LogP contribution in [0, 0.1) is 0 Å². The average Bonchev–Trinajstić information content (AvgIpc) is 2.04. The van der Waals surface area contributed by atoms with Gasteiger partial charge in [0.1, 0.15) is 0 Å². The first kappa shape index (κ1) is 7.35. The van der Waals surface area contributed by atoms with E-state index in [4.69, 9.17) is 0 Å². The second kappa shape index (κ2) is 2.63. The number of hydrogen-bond acceptors (Lipinski definition) is 1. The van der Waals surface area contributed by atoms with Crippen LogP contribution in [0.4, 0.5) is 0 Å². The Hall–Kier alpha value is -1.31. The SMILES string of the molecule is C=C1CCCc2cccc(=O)n21. The molecule has 12 heavy (non-hydrogen) atoms. The summed E-state index contributed by atoms with van der Waals surface area (Å²) in [6, 6.07) is 5.39. The predicted octanol–water partition coefficient (Wildman–Crippen LogP) is 1.66. The Balaban J connectivity index is 2.69. The zero-order valence-corrected chi connectivity index (χ0v) is 6.92. The lowest BCUT2D eigenvalue weighted by Crippen LogP contribution is -2.24. The van der Waals surface area contributed by atoms with Crippen molar-refractivity contribution in [1.29, 1.82) is 0 Å². The molecule has 0 fully saturated rings. The first-order chi connectivity index (χ1) is 5.79. The minimum absolute atomic E-state index is 0.0530.